The summed E-state index contributed by atoms with van der Waals surface area (Å²) in [7, 11) is -9.78. The van der Waals surface area contributed by atoms with E-state index >= 15 is 0 Å². The molecule has 0 aliphatic heterocycles. The van der Waals surface area contributed by atoms with Crippen LogP contribution in [0.1, 0.15) is 0 Å². The fourth-order valence-electron chi connectivity index (χ4n) is 1.59. The first-order valence-electron chi connectivity index (χ1n) is 5.01. The topological polar surface area (TPSA) is 127 Å². The van der Waals surface area contributed by atoms with Crippen LogP contribution < -0.4 is 8.37 Å². The Morgan fingerprint density at radius 1 is 0.800 bits per heavy atom. The first-order chi connectivity index (χ1) is 9.16. The molecule has 0 bridgehead atoms. The molecule has 108 valence electrons. The van der Waals surface area contributed by atoms with E-state index in [9.17, 15) is 16.8 Å². The van der Waals surface area contributed by atoms with Gasteiger partial charge in [-0.15, -0.1) is 0 Å². The number of fused-ring (bicyclic) bond motifs is 1. The van der Waals surface area contributed by atoms with E-state index in [4.69, 9.17) is 9.11 Å². The molecule has 0 saturated carbocycles. The van der Waals surface area contributed by atoms with Crippen molar-refractivity contribution in [3.05, 3.63) is 36.4 Å². The molecule has 0 unspecified atom stereocenters. The molecule has 0 fully saturated rings. The molecule has 2 N–H and O–H groups in total. The molecule has 0 aliphatic rings. The van der Waals surface area contributed by atoms with Crippen molar-refractivity contribution in [3.8, 4) is 11.5 Å². The van der Waals surface area contributed by atoms with Crippen LogP contribution in [0.15, 0.2) is 36.4 Å². The molecule has 0 aliphatic carbocycles. The molecule has 2 aromatic carbocycles. The Morgan fingerprint density at radius 2 is 1.40 bits per heavy atom. The average Bonchev–Trinajstić information content (AvgIpc) is 2.29. The fourth-order valence-corrected chi connectivity index (χ4v) is 2.33. The minimum absolute atomic E-state index is 0.172. The van der Waals surface area contributed by atoms with Crippen LogP contribution in [-0.4, -0.2) is 25.9 Å². The lowest BCUT2D eigenvalue weighted by atomic mass is 10.1. The van der Waals surface area contributed by atoms with Crippen molar-refractivity contribution < 1.29 is 34.3 Å². The van der Waals surface area contributed by atoms with Crippen molar-refractivity contribution in [1.82, 2.24) is 0 Å². The minimum atomic E-state index is -4.90. The van der Waals surface area contributed by atoms with Crippen molar-refractivity contribution in [3.63, 3.8) is 0 Å². The molecule has 8 nitrogen and oxygen atoms in total. The van der Waals surface area contributed by atoms with Crippen LogP contribution in [0.2, 0.25) is 0 Å². The molecule has 10 heteroatoms. The molecule has 0 spiro atoms. The van der Waals surface area contributed by atoms with Crippen LogP contribution in [0, 0.1) is 0 Å². The zero-order valence-electron chi connectivity index (χ0n) is 9.62. The van der Waals surface area contributed by atoms with E-state index < -0.39 is 32.3 Å². The summed E-state index contributed by atoms with van der Waals surface area (Å²) in [6.45, 7) is 0. The Hall–Kier alpha value is -1.88. The molecule has 0 amide bonds. The van der Waals surface area contributed by atoms with Crippen molar-refractivity contribution in [1.29, 1.82) is 0 Å². The van der Waals surface area contributed by atoms with E-state index in [1.807, 2.05) is 0 Å². The Kier molecular flexibility index (Phi) is 3.56. The summed E-state index contributed by atoms with van der Waals surface area (Å²) in [4.78, 5) is 0. The van der Waals surface area contributed by atoms with Crippen LogP contribution in [0.3, 0.4) is 0 Å². The monoisotopic (exact) mass is 320 g/mol. The maximum Gasteiger partial charge on any atom is 0.446 e. The van der Waals surface area contributed by atoms with Gasteiger partial charge in [0, 0.05) is 5.39 Å². The Morgan fingerprint density at radius 3 is 2.00 bits per heavy atom. The minimum Gasteiger partial charge on any atom is -0.358 e. The third-order valence-electron chi connectivity index (χ3n) is 2.23. The highest BCUT2D eigenvalue weighted by Crippen LogP contribution is 2.37. The van der Waals surface area contributed by atoms with Crippen LogP contribution in [0.5, 0.6) is 11.5 Å². The van der Waals surface area contributed by atoms with E-state index in [2.05, 4.69) is 8.37 Å². The quantitative estimate of drug-likeness (QED) is 0.804. The van der Waals surface area contributed by atoms with Crippen molar-refractivity contribution in [2.75, 3.05) is 0 Å². The highest BCUT2D eigenvalue weighted by atomic mass is 32.3. The molecule has 2 rings (SSSR count). The van der Waals surface area contributed by atoms with Crippen LogP contribution in [0.4, 0.5) is 0 Å². The second-order valence-corrected chi connectivity index (χ2v) is 5.68. The molecule has 0 heterocycles. The van der Waals surface area contributed by atoms with E-state index in [0.717, 1.165) is 6.07 Å². The fraction of sp³-hybridized carbons (Fsp3) is 0. The molecular formula is C10H8O8S2. The molecule has 20 heavy (non-hydrogen) atoms. The van der Waals surface area contributed by atoms with Gasteiger partial charge in [0.25, 0.3) is 0 Å². The third kappa shape index (κ3) is 3.57. The van der Waals surface area contributed by atoms with Crippen molar-refractivity contribution in [2.45, 2.75) is 0 Å². The molecular weight excluding hydrogens is 312 g/mol. The van der Waals surface area contributed by atoms with Gasteiger partial charge in [0.2, 0.25) is 0 Å². The molecule has 0 saturated heterocycles. The summed E-state index contributed by atoms with van der Waals surface area (Å²) in [5.41, 5.74) is 0. The van der Waals surface area contributed by atoms with Crippen molar-refractivity contribution in [2.24, 2.45) is 0 Å². The number of benzene rings is 2. The lowest BCUT2D eigenvalue weighted by Gasteiger charge is -2.10. The second kappa shape index (κ2) is 4.90. The second-order valence-electron chi connectivity index (χ2n) is 3.64. The predicted molar refractivity (Wildman–Crippen MR) is 68.3 cm³/mol. The maximum atomic E-state index is 10.8. The van der Waals surface area contributed by atoms with Gasteiger partial charge in [-0.3, -0.25) is 9.11 Å². The lowest BCUT2D eigenvalue weighted by molar-refractivity contribution is 0.363. The first kappa shape index (κ1) is 14.5. The smallest absolute Gasteiger partial charge is 0.358 e. The van der Waals surface area contributed by atoms with Gasteiger partial charge in [-0.05, 0) is 11.5 Å². The van der Waals surface area contributed by atoms with Crippen molar-refractivity contribution >= 4 is 31.6 Å². The van der Waals surface area contributed by atoms with Gasteiger partial charge in [0.1, 0.15) is 0 Å². The predicted octanol–water partition coefficient (Wildman–Crippen LogP) is 1.20. The Bertz CT molecular complexity index is 854. The van der Waals surface area contributed by atoms with Crippen LogP contribution in [0.25, 0.3) is 10.8 Å². The largest absolute Gasteiger partial charge is 0.446 e. The summed E-state index contributed by atoms with van der Waals surface area (Å²) in [6.07, 6.45) is 0. The number of hydrogen-bond donors (Lipinski definition) is 2. The summed E-state index contributed by atoms with van der Waals surface area (Å²) >= 11 is 0. The SMILES string of the molecule is O=S(=O)(O)Oc1ccc2ccccc2c1OS(=O)(=O)O. The average molecular weight is 320 g/mol. The molecule has 0 atom stereocenters. The van der Waals surface area contributed by atoms with Gasteiger partial charge < -0.3 is 8.37 Å². The zero-order chi connectivity index (χ0) is 15.0. The van der Waals surface area contributed by atoms with E-state index in [1.165, 1.54) is 18.2 Å². The number of rotatable bonds is 4. The summed E-state index contributed by atoms with van der Waals surface area (Å²) < 4.78 is 69.0. The summed E-state index contributed by atoms with van der Waals surface area (Å²) in [5.74, 6) is -1.13. The zero-order valence-corrected chi connectivity index (χ0v) is 11.3. The molecule has 0 aromatic heterocycles. The van der Waals surface area contributed by atoms with Gasteiger partial charge in [0.15, 0.2) is 11.5 Å². The van der Waals surface area contributed by atoms with E-state index in [1.54, 1.807) is 12.1 Å². The van der Waals surface area contributed by atoms with Gasteiger partial charge in [-0.1, -0.05) is 30.3 Å². The summed E-state index contributed by atoms with van der Waals surface area (Å²) in [6, 6.07) is 8.72. The molecule has 0 radical (unpaired) electrons. The van der Waals surface area contributed by atoms with E-state index in [-0.39, 0.29) is 5.39 Å². The standard InChI is InChI=1S/C10H8O8S2/c11-19(12,13)17-9-6-5-7-3-1-2-4-8(7)10(9)18-20(14,15)16/h1-6H,(H,11,12,13)(H,14,15,16). The first-order valence-corrected chi connectivity index (χ1v) is 7.74. The van der Waals surface area contributed by atoms with Gasteiger partial charge in [0.05, 0.1) is 0 Å². The molecule has 2 aromatic rings. The van der Waals surface area contributed by atoms with Gasteiger partial charge in [-0.2, -0.15) is 16.8 Å². The van der Waals surface area contributed by atoms with Gasteiger partial charge in [-0.25, -0.2) is 0 Å². The van der Waals surface area contributed by atoms with Gasteiger partial charge >= 0.3 is 20.8 Å². The van der Waals surface area contributed by atoms with Crippen LogP contribution in [-0.2, 0) is 20.8 Å². The Balaban J connectivity index is 2.71. The highest BCUT2D eigenvalue weighted by Gasteiger charge is 2.20. The van der Waals surface area contributed by atoms with E-state index in [0.29, 0.717) is 5.39 Å². The lowest BCUT2D eigenvalue weighted by Crippen LogP contribution is -2.11. The normalized spacial score (nSPS) is 12.3. The maximum absolute atomic E-state index is 10.8. The third-order valence-corrected chi connectivity index (χ3v) is 2.99. The Labute approximate surface area is 114 Å². The van der Waals surface area contributed by atoms with Crippen LogP contribution >= 0.6 is 0 Å². The number of hydrogen-bond acceptors (Lipinski definition) is 6. The summed E-state index contributed by atoms with van der Waals surface area (Å²) in [5, 5.41) is 0.681. The highest BCUT2D eigenvalue weighted by molar-refractivity contribution is 7.81.